The van der Waals surface area contributed by atoms with Crippen LogP contribution in [0.25, 0.3) is 0 Å². The number of benzene rings is 2. The number of phenols is 2. The van der Waals surface area contributed by atoms with Crippen molar-refractivity contribution in [3.8, 4) is 11.5 Å². The molecule has 0 bridgehead atoms. The largest absolute Gasteiger partial charge is 0.508 e. The van der Waals surface area contributed by atoms with Gasteiger partial charge in [0.05, 0.1) is 6.04 Å². The van der Waals surface area contributed by atoms with E-state index in [0.29, 0.717) is 5.56 Å². The van der Waals surface area contributed by atoms with Crippen LogP contribution in [0.4, 0.5) is 0 Å². The van der Waals surface area contributed by atoms with Gasteiger partial charge in [-0.05, 0) is 60.1 Å². The first-order chi connectivity index (χ1) is 18.8. The molecular weight excluding hydrogens is 516 g/mol. The zero-order valence-electron chi connectivity index (χ0n) is 23.3. The summed E-state index contributed by atoms with van der Waals surface area (Å²) in [7, 11) is 0. The van der Waals surface area contributed by atoms with Crippen LogP contribution in [0.5, 0.6) is 11.5 Å². The Morgan fingerprint density at radius 3 is 1.62 bits per heavy atom. The summed E-state index contributed by atoms with van der Waals surface area (Å²) >= 11 is 0. The van der Waals surface area contributed by atoms with Gasteiger partial charge in [-0.25, -0.2) is 4.79 Å². The summed E-state index contributed by atoms with van der Waals surface area (Å²) < 4.78 is 0. The van der Waals surface area contributed by atoms with Crippen molar-refractivity contribution in [2.75, 3.05) is 0 Å². The Balaban J connectivity index is 2.20. The molecular formula is C29H40N4O7. The van der Waals surface area contributed by atoms with E-state index < -0.39 is 47.9 Å². The van der Waals surface area contributed by atoms with E-state index in [-0.39, 0.29) is 42.6 Å². The molecule has 0 aromatic heterocycles. The van der Waals surface area contributed by atoms with Crippen LogP contribution in [-0.2, 0) is 32.0 Å². The highest BCUT2D eigenvalue weighted by atomic mass is 16.4. The summed E-state index contributed by atoms with van der Waals surface area (Å²) in [5.74, 6) is -3.32. The lowest BCUT2D eigenvalue weighted by molar-refractivity contribution is -0.142. The zero-order chi connectivity index (χ0) is 30.0. The van der Waals surface area contributed by atoms with Gasteiger partial charge in [0, 0.05) is 6.42 Å². The van der Waals surface area contributed by atoms with Gasteiger partial charge in [-0.2, -0.15) is 0 Å². The first-order valence-corrected chi connectivity index (χ1v) is 13.2. The maximum absolute atomic E-state index is 13.4. The molecule has 0 aliphatic heterocycles. The number of carboxylic acids is 1. The van der Waals surface area contributed by atoms with Gasteiger partial charge in [0.2, 0.25) is 17.7 Å². The monoisotopic (exact) mass is 556 g/mol. The Hall–Kier alpha value is -4.12. The van der Waals surface area contributed by atoms with Crippen molar-refractivity contribution in [1.82, 2.24) is 16.0 Å². The number of nitrogens with one attached hydrogen (secondary N) is 3. The van der Waals surface area contributed by atoms with Crippen molar-refractivity contribution in [2.24, 2.45) is 17.6 Å². The third-order valence-electron chi connectivity index (χ3n) is 6.31. The summed E-state index contributed by atoms with van der Waals surface area (Å²) in [6.07, 6.45) is 0.395. The van der Waals surface area contributed by atoms with Crippen molar-refractivity contribution in [3.05, 3.63) is 59.7 Å². The lowest BCUT2D eigenvalue weighted by Crippen LogP contribution is -2.59. The van der Waals surface area contributed by atoms with Gasteiger partial charge in [-0.1, -0.05) is 52.0 Å². The first-order valence-electron chi connectivity index (χ1n) is 13.2. The Kier molecular flexibility index (Phi) is 11.9. The van der Waals surface area contributed by atoms with E-state index in [1.54, 1.807) is 38.1 Å². The fraction of sp³-hybridized carbons (Fsp3) is 0.448. The second-order valence-electron chi connectivity index (χ2n) is 10.7. The number of carbonyl (C=O) groups is 4. The summed E-state index contributed by atoms with van der Waals surface area (Å²) in [6, 6.07) is 8.02. The fourth-order valence-electron chi connectivity index (χ4n) is 4.08. The van der Waals surface area contributed by atoms with Gasteiger partial charge in [0.25, 0.3) is 0 Å². The van der Waals surface area contributed by atoms with Crippen LogP contribution in [-0.4, -0.2) is 63.2 Å². The molecule has 8 N–H and O–H groups in total. The zero-order valence-corrected chi connectivity index (χ0v) is 23.3. The predicted molar refractivity (Wildman–Crippen MR) is 149 cm³/mol. The summed E-state index contributed by atoms with van der Waals surface area (Å²) in [6.45, 7) is 7.13. The summed E-state index contributed by atoms with van der Waals surface area (Å²) in [5.41, 5.74) is 7.42. The molecule has 2 aromatic carbocycles. The molecule has 4 atom stereocenters. The summed E-state index contributed by atoms with van der Waals surface area (Å²) in [4.78, 5) is 51.2. The average Bonchev–Trinajstić information content (AvgIpc) is 2.88. The number of phenolic OH excluding ortho intramolecular Hbond substituents is 2. The van der Waals surface area contributed by atoms with Gasteiger partial charge >= 0.3 is 5.97 Å². The minimum absolute atomic E-state index is 0.00198. The molecule has 40 heavy (non-hydrogen) atoms. The van der Waals surface area contributed by atoms with E-state index in [1.165, 1.54) is 24.3 Å². The smallest absolute Gasteiger partial charge is 0.326 e. The van der Waals surface area contributed by atoms with Crippen LogP contribution in [0, 0.1) is 11.8 Å². The van der Waals surface area contributed by atoms with E-state index in [1.807, 2.05) is 13.8 Å². The fourth-order valence-corrected chi connectivity index (χ4v) is 4.08. The molecule has 0 aliphatic rings. The van der Waals surface area contributed by atoms with Crippen molar-refractivity contribution in [3.63, 3.8) is 0 Å². The van der Waals surface area contributed by atoms with Crippen molar-refractivity contribution in [1.29, 1.82) is 0 Å². The number of rotatable bonds is 14. The predicted octanol–water partition coefficient (Wildman–Crippen LogP) is 1.45. The highest BCUT2D eigenvalue weighted by molar-refractivity contribution is 5.94. The second-order valence-corrected chi connectivity index (χ2v) is 10.7. The normalized spacial score (nSPS) is 14.2. The lowest BCUT2D eigenvalue weighted by Gasteiger charge is -2.27. The van der Waals surface area contributed by atoms with Crippen LogP contribution in [0.15, 0.2) is 48.5 Å². The first kappa shape index (κ1) is 32.1. The number of nitrogens with two attached hydrogens (primary N) is 1. The van der Waals surface area contributed by atoms with Crippen LogP contribution >= 0.6 is 0 Å². The molecule has 0 aliphatic carbocycles. The number of aliphatic carboxylic acids is 1. The maximum atomic E-state index is 13.4. The quantitative estimate of drug-likeness (QED) is 0.182. The van der Waals surface area contributed by atoms with Crippen LogP contribution < -0.4 is 21.7 Å². The van der Waals surface area contributed by atoms with Crippen LogP contribution in [0.3, 0.4) is 0 Å². The Labute approximate surface area is 234 Å². The maximum Gasteiger partial charge on any atom is 0.326 e. The highest BCUT2D eigenvalue weighted by Crippen LogP contribution is 2.14. The van der Waals surface area contributed by atoms with E-state index in [2.05, 4.69) is 16.0 Å². The van der Waals surface area contributed by atoms with E-state index in [4.69, 9.17) is 5.73 Å². The molecule has 11 heteroatoms. The van der Waals surface area contributed by atoms with Gasteiger partial charge in [0.15, 0.2) is 0 Å². The number of hydrogen-bond acceptors (Lipinski definition) is 7. The molecule has 4 unspecified atom stereocenters. The van der Waals surface area contributed by atoms with Crippen molar-refractivity contribution >= 4 is 23.7 Å². The number of carbonyl (C=O) groups excluding carboxylic acids is 3. The standard InChI is InChI=1S/C29H40N4O7/c1-16(2)13-24(29(39)40)32-27(37)23(15-19-7-11-21(35)12-8-19)31-28(38)25(17(3)4)33-26(36)22(30)14-18-5-9-20(34)10-6-18/h5-12,16-17,22-25,34-35H,13-15,30H2,1-4H3,(H,31,38)(H,32,37)(H,33,36)(H,39,40). The molecule has 11 nitrogen and oxygen atoms in total. The van der Waals surface area contributed by atoms with Gasteiger partial charge in [-0.3, -0.25) is 14.4 Å². The molecule has 218 valence electrons. The minimum Gasteiger partial charge on any atom is -0.508 e. The van der Waals surface area contributed by atoms with E-state index in [0.717, 1.165) is 5.56 Å². The Morgan fingerprint density at radius 1 is 0.700 bits per heavy atom. The second kappa shape index (κ2) is 14.9. The van der Waals surface area contributed by atoms with E-state index in [9.17, 15) is 34.5 Å². The molecule has 0 fully saturated rings. The van der Waals surface area contributed by atoms with E-state index >= 15 is 0 Å². The lowest BCUT2D eigenvalue weighted by atomic mass is 9.99. The van der Waals surface area contributed by atoms with Gasteiger partial charge < -0.3 is 37.0 Å². The number of aromatic hydroxyl groups is 2. The van der Waals surface area contributed by atoms with Crippen molar-refractivity contribution in [2.45, 2.75) is 71.1 Å². The summed E-state index contributed by atoms with van der Waals surface area (Å²) in [5, 5.41) is 36.5. The third kappa shape index (κ3) is 10.2. The number of hydrogen-bond donors (Lipinski definition) is 7. The molecule has 3 amide bonds. The molecule has 0 saturated heterocycles. The molecule has 0 heterocycles. The van der Waals surface area contributed by atoms with Gasteiger partial charge in [-0.15, -0.1) is 0 Å². The number of carboxylic acid groups (broad SMARTS) is 1. The number of amides is 3. The van der Waals surface area contributed by atoms with Crippen LogP contribution in [0.2, 0.25) is 0 Å². The third-order valence-corrected chi connectivity index (χ3v) is 6.31. The molecule has 2 rings (SSSR count). The molecule has 0 saturated carbocycles. The average molecular weight is 557 g/mol. The van der Waals surface area contributed by atoms with Crippen LogP contribution in [0.1, 0.15) is 45.2 Å². The molecule has 0 radical (unpaired) electrons. The SMILES string of the molecule is CC(C)CC(NC(=O)C(Cc1ccc(O)cc1)NC(=O)C(NC(=O)C(N)Cc1ccc(O)cc1)C(C)C)C(=O)O. The topological polar surface area (TPSA) is 191 Å². The Bertz CT molecular complexity index is 1150. The Morgan fingerprint density at radius 2 is 1.18 bits per heavy atom. The highest BCUT2D eigenvalue weighted by Gasteiger charge is 2.32. The molecule has 0 spiro atoms. The van der Waals surface area contributed by atoms with Crippen molar-refractivity contribution < 1.29 is 34.5 Å². The minimum atomic E-state index is -1.19. The van der Waals surface area contributed by atoms with Gasteiger partial charge in [0.1, 0.15) is 29.6 Å². The molecule has 2 aromatic rings.